The van der Waals surface area contributed by atoms with E-state index >= 15 is 0 Å². The van der Waals surface area contributed by atoms with Gasteiger partial charge in [-0.25, -0.2) is 8.42 Å². The Balaban J connectivity index is 1.95. The lowest BCUT2D eigenvalue weighted by Crippen LogP contribution is -2.47. The maximum absolute atomic E-state index is 12.9. The van der Waals surface area contributed by atoms with Crippen molar-refractivity contribution in [3.05, 3.63) is 28.3 Å². The second-order valence-electron chi connectivity index (χ2n) is 6.99. The molecule has 0 radical (unpaired) electrons. The van der Waals surface area contributed by atoms with Crippen molar-refractivity contribution in [3.63, 3.8) is 0 Å². The van der Waals surface area contributed by atoms with Crippen molar-refractivity contribution in [2.45, 2.75) is 23.5 Å². The van der Waals surface area contributed by atoms with Gasteiger partial charge in [-0.2, -0.15) is 4.31 Å². The predicted molar refractivity (Wildman–Crippen MR) is 98.2 cm³/mol. The lowest BCUT2D eigenvalue weighted by Gasteiger charge is -2.31. The molecule has 2 aliphatic rings. The van der Waals surface area contributed by atoms with E-state index in [0.717, 1.165) is 6.07 Å². The molecule has 2 saturated heterocycles. The Bertz CT molecular complexity index is 809. The molecule has 0 aliphatic carbocycles. The molecule has 2 N–H and O–H groups in total. The monoisotopic (exact) mass is 400 g/mol. The quantitative estimate of drug-likeness (QED) is 0.498. The van der Waals surface area contributed by atoms with Gasteiger partial charge in [-0.05, 0) is 25.6 Å². The number of anilines is 1. The van der Waals surface area contributed by atoms with E-state index in [2.05, 4.69) is 0 Å². The molecule has 0 amide bonds. The number of aliphatic hydroxyl groups excluding tert-OH is 2. The minimum atomic E-state index is -3.83. The summed E-state index contributed by atoms with van der Waals surface area (Å²) in [6.45, 7) is 1.76. The van der Waals surface area contributed by atoms with Crippen molar-refractivity contribution in [1.82, 2.24) is 9.21 Å². The van der Waals surface area contributed by atoms with Gasteiger partial charge < -0.3 is 20.0 Å². The zero-order chi connectivity index (χ0) is 19.8. The number of hydrogen-bond acceptors (Lipinski definition) is 8. The molecule has 2 heterocycles. The highest BCUT2D eigenvalue weighted by atomic mass is 32.2. The molecule has 0 aromatic heterocycles. The van der Waals surface area contributed by atoms with E-state index < -0.39 is 27.1 Å². The third kappa shape index (κ3) is 3.92. The number of nitro groups is 1. The number of rotatable bonds is 5. The van der Waals surface area contributed by atoms with Gasteiger partial charge in [0, 0.05) is 38.8 Å². The Kier molecular flexibility index (Phi) is 5.68. The Morgan fingerprint density at radius 2 is 1.93 bits per heavy atom. The highest BCUT2D eigenvalue weighted by Crippen LogP contribution is 2.36. The normalized spacial score (nSPS) is 25.1. The van der Waals surface area contributed by atoms with Gasteiger partial charge in [0.05, 0.1) is 28.6 Å². The van der Waals surface area contributed by atoms with Crippen LogP contribution in [-0.2, 0) is 10.0 Å². The van der Waals surface area contributed by atoms with Gasteiger partial charge in [0.1, 0.15) is 5.69 Å². The van der Waals surface area contributed by atoms with Gasteiger partial charge in [0.2, 0.25) is 10.0 Å². The number of hydrogen-bond donors (Lipinski definition) is 2. The first-order chi connectivity index (χ1) is 12.7. The summed E-state index contributed by atoms with van der Waals surface area (Å²) in [5, 5.41) is 30.9. The topological polar surface area (TPSA) is 127 Å². The van der Waals surface area contributed by atoms with Crippen molar-refractivity contribution >= 4 is 21.4 Å². The molecule has 0 spiro atoms. The van der Waals surface area contributed by atoms with Crippen LogP contribution < -0.4 is 4.90 Å². The fourth-order valence-electron chi connectivity index (χ4n) is 3.59. The number of nitrogens with zero attached hydrogens (tertiary/aromatic N) is 4. The molecule has 0 unspecified atom stereocenters. The van der Waals surface area contributed by atoms with Gasteiger partial charge in [-0.15, -0.1) is 0 Å². The molecule has 0 bridgehead atoms. The van der Waals surface area contributed by atoms with E-state index in [0.29, 0.717) is 32.6 Å². The maximum Gasteiger partial charge on any atom is 0.293 e. The highest BCUT2D eigenvalue weighted by Gasteiger charge is 2.36. The van der Waals surface area contributed by atoms with Crippen LogP contribution in [0.3, 0.4) is 0 Å². The van der Waals surface area contributed by atoms with Crippen LogP contribution in [0.2, 0.25) is 0 Å². The summed E-state index contributed by atoms with van der Waals surface area (Å²) in [7, 11) is -1.92. The summed E-state index contributed by atoms with van der Waals surface area (Å²) >= 11 is 0. The second kappa shape index (κ2) is 7.68. The largest absolute Gasteiger partial charge is 0.394 e. The van der Waals surface area contributed by atoms with Gasteiger partial charge >= 0.3 is 0 Å². The summed E-state index contributed by atoms with van der Waals surface area (Å²) in [6.07, 6.45) is -0.398. The second-order valence-corrected chi connectivity index (χ2v) is 8.93. The van der Waals surface area contributed by atoms with Crippen molar-refractivity contribution in [2.75, 3.05) is 51.3 Å². The Hall–Kier alpha value is -1.79. The maximum atomic E-state index is 12.9. The van der Waals surface area contributed by atoms with Crippen LogP contribution in [0.15, 0.2) is 23.1 Å². The van der Waals surface area contributed by atoms with Gasteiger partial charge in [-0.1, -0.05) is 0 Å². The summed E-state index contributed by atoms with van der Waals surface area (Å²) in [4.78, 5) is 14.4. The van der Waals surface area contributed by atoms with Crippen molar-refractivity contribution in [2.24, 2.45) is 0 Å². The predicted octanol–water partition coefficient (Wildman–Crippen LogP) is -0.537. The van der Waals surface area contributed by atoms with E-state index in [1.165, 1.54) is 16.4 Å². The van der Waals surface area contributed by atoms with Crippen LogP contribution in [0.5, 0.6) is 0 Å². The van der Waals surface area contributed by atoms with Crippen molar-refractivity contribution in [3.8, 4) is 0 Å². The van der Waals surface area contributed by atoms with E-state index in [1.54, 1.807) is 4.90 Å². The number of β-amino-alcohol motifs (C(OH)–C–C–N with tert-alkyl or cyclic N) is 1. The smallest absolute Gasteiger partial charge is 0.293 e. The Morgan fingerprint density at radius 3 is 2.52 bits per heavy atom. The van der Waals surface area contributed by atoms with Crippen LogP contribution in [0, 0.1) is 10.1 Å². The summed E-state index contributed by atoms with van der Waals surface area (Å²) in [5.41, 5.74) is -0.148. The van der Waals surface area contributed by atoms with Crippen molar-refractivity contribution < 1.29 is 23.6 Å². The zero-order valence-electron chi connectivity index (χ0n) is 15.1. The van der Waals surface area contributed by atoms with E-state index in [4.69, 9.17) is 0 Å². The molecule has 27 heavy (non-hydrogen) atoms. The molecule has 2 aliphatic heterocycles. The molecular weight excluding hydrogens is 376 g/mol. The number of piperazine rings is 1. The molecule has 2 fully saturated rings. The van der Waals surface area contributed by atoms with Gasteiger partial charge in [0.15, 0.2) is 0 Å². The minimum Gasteiger partial charge on any atom is -0.394 e. The Labute approximate surface area is 157 Å². The first-order valence-electron chi connectivity index (χ1n) is 8.76. The summed E-state index contributed by atoms with van der Waals surface area (Å²) < 4.78 is 27.1. The third-order valence-corrected chi connectivity index (χ3v) is 7.05. The average Bonchev–Trinajstić information content (AvgIpc) is 3.02. The molecule has 2 atom stereocenters. The minimum absolute atomic E-state index is 0.122. The van der Waals surface area contributed by atoms with E-state index in [1.807, 2.05) is 11.9 Å². The number of nitro benzene ring substituents is 1. The summed E-state index contributed by atoms with van der Waals surface area (Å²) in [6, 6.07) is 3.37. The zero-order valence-corrected chi connectivity index (χ0v) is 15.9. The van der Waals surface area contributed by atoms with Crippen LogP contribution in [-0.4, -0.2) is 91.3 Å². The molecular formula is C16H24N4O6S. The van der Waals surface area contributed by atoms with Gasteiger partial charge in [-0.3, -0.25) is 10.1 Å². The molecule has 10 nitrogen and oxygen atoms in total. The number of benzene rings is 1. The lowest BCUT2D eigenvalue weighted by atomic mass is 10.2. The Morgan fingerprint density at radius 1 is 1.26 bits per heavy atom. The highest BCUT2D eigenvalue weighted by molar-refractivity contribution is 7.89. The van der Waals surface area contributed by atoms with Crippen molar-refractivity contribution in [1.29, 1.82) is 0 Å². The van der Waals surface area contributed by atoms with Gasteiger partial charge in [0.25, 0.3) is 5.69 Å². The standard InChI is InChI=1S/C16H24N4O6S/c1-17-4-6-18(7-5-17)27(25,26)14-2-3-15(16(9-14)20(23)24)19-10-13(22)8-12(19)11-21/h2-3,9,12-13,21-22H,4-8,10-11H2,1H3/t12-,13-/m0/s1. The molecule has 1 aromatic rings. The molecule has 0 saturated carbocycles. The number of aliphatic hydroxyl groups is 2. The first kappa shape index (κ1) is 20.0. The van der Waals surface area contributed by atoms with Crippen LogP contribution in [0.4, 0.5) is 11.4 Å². The third-order valence-electron chi connectivity index (χ3n) is 5.16. The number of likely N-dealkylation sites (N-methyl/N-ethyl adjacent to an activating group) is 1. The van der Waals surface area contributed by atoms with Crippen LogP contribution in [0.25, 0.3) is 0 Å². The fraction of sp³-hybridized carbons (Fsp3) is 0.625. The first-order valence-corrected chi connectivity index (χ1v) is 10.2. The van der Waals surface area contributed by atoms with Crippen LogP contribution in [0.1, 0.15) is 6.42 Å². The fourth-order valence-corrected chi connectivity index (χ4v) is 5.03. The number of sulfonamides is 1. The van der Waals surface area contributed by atoms with E-state index in [-0.39, 0.29) is 29.4 Å². The summed E-state index contributed by atoms with van der Waals surface area (Å²) in [5.74, 6) is 0. The molecule has 150 valence electrons. The SMILES string of the molecule is CN1CCN(S(=O)(=O)c2ccc(N3C[C@@H](O)C[C@H]3CO)c([N+](=O)[O-])c2)CC1. The lowest BCUT2D eigenvalue weighted by molar-refractivity contribution is -0.384. The molecule has 3 rings (SSSR count). The molecule has 1 aromatic carbocycles. The van der Waals surface area contributed by atoms with Crippen LogP contribution >= 0.6 is 0 Å². The van der Waals surface area contributed by atoms with E-state index in [9.17, 15) is 28.7 Å². The molecule has 11 heteroatoms. The average molecular weight is 400 g/mol.